The number of hydrogen-bond acceptors (Lipinski definition) is 3. The van der Waals surface area contributed by atoms with E-state index in [9.17, 15) is 22.8 Å². The third-order valence-electron chi connectivity index (χ3n) is 4.25. The molecule has 3 rings (SSSR count). The number of carbonyl (C=O) groups is 2. The zero-order valence-corrected chi connectivity index (χ0v) is 17.3. The Hall–Kier alpha value is -3.26. The van der Waals surface area contributed by atoms with Crippen LogP contribution in [0, 0.1) is 6.92 Å². The largest absolute Gasteiger partial charge is 0.416 e. The SMILES string of the molecule is Cc1ccc(C(=O)Nc2cccc(SCC(=O)Nc3cccc(C(F)(F)F)c3)c2)cc1. The zero-order chi connectivity index (χ0) is 22.4. The van der Waals surface area contributed by atoms with Gasteiger partial charge in [0.1, 0.15) is 0 Å². The molecule has 0 spiro atoms. The van der Waals surface area contributed by atoms with E-state index in [-0.39, 0.29) is 17.3 Å². The molecule has 160 valence electrons. The van der Waals surface area contributed by atoms with Gasteiger partial charge in [0.2, 0.25) is 5.91 Å². The Morgan fingerprint density at radius 3 is 2.19 bits per heavy atom. The van der Waals surface area contributed by atoms with Gasteiger partial charge in [-0.3, -0.25) is 9.59 Å². The van der Waals surface area contributed by atoms with E-state index in [2.05, 4.69) is 10.6 Å². The standard InChI is InChI=1S/C23H19F3N2O2S/c1-15-8-10-16(11-9-15)22(30)28-19-6-3-7-20(13-19)31-14-21(29)27-18-5-2-4-17(12-18)23(24,25)26/h2-13H,14H2,1H3,(H,27,29)(H,28,30). The van der Waals surface area contributed by atoms with Gasteiger partial charge < -0.3 is 10.6 Å². The molecule has 2 amide bonds. The highest BCUT2D eigenvalue weighted by Crippen LogP contribution is 2.30. The second kappa shape index (κ2) is 9.70. The van der Waals surface area contributed by atoms with Crippen LogP contribution in [0.1, 0.15) is 21.5 Å². The Bertz CT molecular complexity index is 1080. The Kier molecular flexibility index (Phi) is 7.02. The van der Waals surface area contributed by atoms with Crippen molar-refractivity contribution in [3.8, 4) is 0 Å². The molecule has 0 bridgehead atoms. The van der Waals surface area contributed by atoms with Crippen molar-refractivity contribution in [3.05, 3.63) is 89.5 Å². The number of carbonyl (C=O) groups excluding carboxylic acids is 2. The molecule has 0 saturated carbocycles. The van der Waals surface area contributed by atoms with Crippen molar-refractivity contribution in [3.63, 3.8) is 0 Å². The fraction of sp³-hybridized carbons (Fsp3) is 0.130. The van der Waals surface area contributed by atoms with Crippen LogP contribution in [0.5, 0.6) is 0 Å². The lowest BCUT2D eigenvalue weighted by atomic mass is 10.1. The van der Waals surface area contributed by atoms with Crippen LogP contribution in [0.3, 0.4) is 0 Å². The number of nitrogens with one attached hydrogen (secondary N) is 2. The quantitative estimate of drug-likeness (QED) is 0.459. The van der Waals surface area contributed by atoms with Crippen molar-refractivity contribution in [2.24, 2.45) is 0 Å². The fourth-order valence-corrected chi connectivity index (χ4v) is 3.45. The number of thioether (sulfide) groups is 1. The van der Waals surface area contributed by atoms with Crippen molar-refractivity contribution in [2.75, 3.05) is 16.4 Å². The van der Waals surface area contributed by atoms with Crippen molar-refractivity contribution in [1.29, 1.82) is 0 Å². The van der Waals surface area contributed by atoms with Crippen molar-refractivity contribution < 1.29 is 22.8 Å². The number of hydrogen-bond donors (Lipinski definition) is 2. The molecule has 4 nitrogen and oxygen atoms in total. The molecular weight excluding hydrogens is 425 g/mol. The number of aryl methyl sites for hydroxylation is 1. The summed E-state index contributed by atoms with van der Waals surface area (Å²) in [7, 11) is 0. The first-order valence-electron chi connectivity index (χ1n) is 9.29. The number of rotatable bonds is 6. The van der Waals surface area contributed by atoms with E-state index in [4.69, 9.17) is 0 Å². The second-order valence-electron chi connectivity index (χ2n) is 6.76. The topological polar surface area (TPSA) is 58.2 Å². The monoisotopic (exact) mass is 444 g/mol. The highest BCUT2D eigenvalue weighted by Gasteiger charge is 2.30. The summed E-state index contributed by atoms with van der Waals surface area (Å²) in [6.45, 7) is 1.94. The molecular formula is C23H19F3N2O2S. The number of alkyl halides is 3. The van der Waals surface area contributed by atoms with Crippen LogP contribution in [0.4, 0.5) is 24.5 Å². The van der Waals surface area contributed by atoms with Crippen molar-refractivity contribution in [1.82, 2.24) is 0 Å². The minimum absolute atomic E-state index is 0.00556. The highest BCUT2D eigenvalue weighted by atomic mass is 32.2. The Labute approximate surface area is 181 Å². The molecule has 0 saturated heterocycles. The Morgan fingerprint density at radius 2 is 1.52 bits per heavy atom. The predicted molar refractivity (Wildman–Crippen MR) is 116 cm³/mol. The Balaban J connectivity index is 1.57. The van der Waals surface area contributed by atoms with E-state index in [1.165, 1.54) is 23.9 Å². The van der Waals surface area contributed by atoms with E-state index in [0.29, 0.717) is 11.3 Å². The van der Waals surface area contributed by atoms with Gasteiger partial charge in [-0.15, -0.1) is 11.8 Å². The van der Waals surface area contributed by atoms with E-state index < -0.39 is 17.6 Å². The number of benzene rings is 3. The minimum Gasteiger partial charge on any atom is -0.325 e. The zero-order valence-electron chi connectivity index (χ0n) is 16.5. The molecule has 31 heavy (non-hydrogen) atoms. The van der Waals surface area contributed by atoms with Crippen molar-refractivity contribution in [2.45, 2.75) is 18.0 Å². The first kappa shape index (κ1) is 22.4. The fourth-order valence-electron chi connectivity index (χ4n) is 2.69. The summed E-state index contributed by atoms with van der Waals surface area (Å²) >= 11 is 1.21. The first-order chi connectivity index (χ1) is 14.7. The summed E-state index contributed by atoms with van der Waals surface area (Å²) in [5.41, 5.74) is 1.42. The molecule has 0 radical (unpaired) electrons. The van der Waals surface area contributed by atoms with Gasteiger partial charge in [-0.1, -0.05) is 29.8 Å². The molecule has 0 aromatic heterocycles. The molecule has 0 atom stereocenters. The van der Waals surface area contributed by atoms with Gasteiger partial charge in [0.15, 0.2) is 0 Å². The smallest absolute Gasteiger partial charge is 0.325 e. The number of anilines is 2. The lowest BCUT2D eigenvalue weighted by Crippen LogP contribution is -2.15. The maximum atomic E-state index is 12.8. The van der Waals surface area contributed by atoms with Gasteiger partial charge in [0, 0.05) is 21.8 Å². The molecule has 0 aliphatic heterocycles. The normalized spacial score (nSPS) is 11.1. The molecule has 0 fully saturated rings. The third-order valence-corrected chi connectivity index (χ3v) is 5.24. The van der Waals surface area contributed by atoms with Gasteiger partial charge in [-0.25, -0.2) is 0 Å². The van der Waals surface area contributed by atoms with Crippen LogP contribution in [0.15, 0.2) is 77.7 Å². The minimum atomic E-state index is -4.47. The summed E-state index contributed by atoms with van der Waals surface area (Å²) in [4.78, 5) is 25.2. The van der Waals surface area contributed by atoms with Gasteiger partial charge in [-0.2, -0.15) is 13.2 Å². The molecule has 3 aromatic carbocycles. The van der Waals surface area contributed by atoms with E-state index >= 15 is 0 Å². The average molecular weight is 444 g/mol. The molecule has 3 aromatic rings. The summed E-state index contributed by atoms with van der Waals surface area (Å²) in [6, 6.07) is 18.7. The molecule has 8 heteroatoms. The van der Waals surface area contributed by atoms with E-state index in [1.54, 1.807) is 36.4 Å². The van der Waals surface area contributed by atoms with Crippen LogP contribution in [-0.4, -0.2) is 17.6 Å². The van der Waals surface area contributed by atoms with Crippen LogP contribution in [0.2, 0.25) is 0 Å². The van der Waals surface area contributed by atoms with Crippen LogP contribution >= 0.6 is 11.8 Å². The lowest BCUT2D eigenvalue weighted by molar-refractivity contribution is -0.137. The molecule has 0 aliphatic rings. The molecule has 2 N–H and O–H groups in total. The molecule has 0 heterocycles. The van der Waals surface area contributed by atoms with Crippen LogP contribution < -0.4 is 10.6 Å². The average Bonchev–Trinajstić information content (AvgIpc) is 2.72. The predicted octanol–water partition coefficient (Wildman–Crippen LogP) is 6.00. The molecule has 0 unspecified atom stereocenters. The van der Waals surface area contributed by atoms with Crippen LogP contribution in [0.25, 0.3) is 0 Å². The van der Waals surface area contributed by atoms with E-state index in [1.807, 2.05) is 19.1 Å². The second-order valence-corrected chi connectivity index (χ2v) is 7.81. The Morgan fingerprint density at radius 1 is 0.871 bits per heavy atom. The summed E-state index contributed by atoms with van der Waals surface area (Å²) < 4.78 is 38.3. The van der Waals surface area contributed by atoms with Gasteiger partial charge in [-0.05, 0) is 55.5 Å². The van der Waals surface area contributed by atoms with Gasteiger partial charge in [0.05, 0.1) is 11.3 Å². The number of amides is 2. The van der Waals surface area contributed by atoms with Crippen LogP contribution in [-0.2, 0) is 11.0 Å². The van der Waals surface area contributed by atoms with Crippen molar-refractivity contribution >= 4 is 35.0 Å². The number of halogens is 3. The third kappa shape index (κ3) is 6.62. The van der Waals surface area contributed by atoms with Gasteiger partial charge in [0.25, 0.3) is 5.91 Å². The van der Waals surface area contributed by atoms with Gasteiger partial charge >= 0.3 is 6.18 Å². The highest BCUT2D eigenvalue weighted by molar-refractivity contribution is 8.00. The molecule has 0 aliphatic carbocycles. The summed E-state index contributed by atoms with van der Waals surface area (Å²) in [6.07, 6.45) is -4.47. The maximum absolute atomic E-state index is 12.8. The maximum Gasteiger partial charge on any atom is 0.416 e. The lowest BCUT2D eigenvalue weighted by Gasteiger charge is -2.10. The summed E-state index contributed by atoms with van der Waals surface area (Å²) in [5, 5.41) is 5.27. The first-order valence-corrected chi connectivity index (χ1v) is 10.3. The van der Waals surface area contributed by atoms with E-state index in [0.717, 1.165) is 22.6 Å². The summed E-state index contributed by atoms with van der Waals surface area (Å²) in [5.74, 6) is -0.672.